The van der Waals surface area contributed by atoms with Crippen LogP contribution in [-0.4, -0.2) is 0 Å². The summed E-state index contributed by atoms with van der Waals surface area (Å²) in [6.45, 7) is 2.16. The number of unbranched alkanes of at least 4 members (excludes halogenated alkanes) is 2. The van der Waals surface area contributed by atoms with Crippen molar-refractivity contribution in [3.05, 3.63) is 83.4 Å². The van der Waals surface area contributed by atoms with Crippen molar-refractivity contribution in [2.45, 2.75) is 44.7 Å². The molecule has 0 spiro atoms. The molecule has 2 heteroatoms. The molecule has 0 radical (unpaired) electrons. The van der Waals surface area contributed by atoms with Crippen molar-refractivity contribution in [1.82, 2.24) is 0 Å². The lowest BCUT2D eigenvalue weighted by molar-refractivity contribution is 0.273. The Kier molecular flexibility index (Phi) is 6.02. The van der Waals surface area contributed by atoms with E-state index in [0.717, 1.165) is 47.6 Å². The van der Waals surface area contributed by atoms with Crippen LogP contribution in [0.3, 0.4) is 0 Å². The maximum Gasteiger partial charge on any atom is 0.132 e. The minimum absolute atomic E-state index is 0.185. The fourth-order valence-corrected chi connectivity index (χ4v) is 3.51. The molecule has 26 heavy (non-hydrogen) atoms. The smallest absolute Gasteiger partial charge is 0.132 e. The monoisotopic (exact) mass is 345 g/mol. The Bertz CT molecular complexity index is 892. The molecule has 0 aliphatic heterocycles. The van der Waals surface area contributed by atoms with Crippen LogP contribution >= 0.6 is 0 Å². The van der Waals surface area contributed by atoms with Gasteiger partial charge in [-0.1, -0.05) is 74.7 Å². The Morgan fingerprint density at radius 1 is 0.885 bits per heavy atom. The first-order chi connectivity index (χ1) is 12.7. The molecule has 0 N–H and O–H groups in total. The van der Waals surface area contributed by atoms with Gasteiger partial charge in [-0.15, -0.1) is 0 Å². The number of alkyl halides is 1. The number of nitriles is 1. The summed E-state index contributed by atoms with van der Waals surface area (Å²) < 4.78 is 15.6. The lowest BCUT2D eigenvalue weighted by Gasteiger charge is -2.22. The highest BCUT2D eigenvalue weighted by Crippen LogP contribution is 2.39. The molecule has 0 heterocycles. The molecule has 0 aliphatic rings. The van der Waals surface area contributed by atoms with Gasteiger partial charge in [-0.2, -0.15) is 5.26 Å². The van der Waals surface area contributed by atoms with Crippen LogP contribution in [0.15, 0.2) is 66.7 Å². The number of hydrogen-bond acceptors (Lipinski definition) is 1. The SMILES string of the molecule is CCCCCC(c1ccc(C#N)cc1)C(F)c1ccc2ccccc2c1. The molecule has 0 amide bonds. The topological polar surface area (TPSA) is 23.8 Å². The average Bonchev–Trinajstić information content (AvgIpc) is 2.70. The molecule has 3 aromatic carbocycles. The molecule has 132 valence electrons. The lowest BCUT2D eigenvalue weighted by Crippen LogP contribution is -2.08. The maximum atomic E-state index is 15.6. The van der Waals surface area contributed by atoms with E-state index in [1.54, 1.807) is 12.1 Å². The number of halogens is 1. The molecule has 0 aromatic heterocycles. The van der Waals surface area contributed by atoms with Crippen molar-refractivity contribution < 1.29 is 4.39 Å². The Balaban J connectivity index is 1.91. The van der Waals surface area contributed by atoms with E-state index in [2.05, 4.69) is 13.0 Å². The van der Waals surface area contributed by atoms with Crippen molar-refractivity contribution >= 4 is 10.8 Å². The molecule has 3 aromatic rings. The molecule has 0 aliphatic carbocycles. The molecular formula is C24H24FN. The fourth-order valence-electron chi connectivity index (χ4n) is 3.51. The largest absolute Gasteiger partial charge is 0.242 e. The Hall–Kier alpha value is -2.66. The first-order valence-corrected chi connectivity index (χ1v) is 9.35. The van der Waals surface area contributed by atoms with Crippen LogP contribution in [0, 0.1) is 11.3 Å². The van der Waals surface area contributed by atoms with Crippen molar-refractivity contribution in [2.24, 2.45) is 0 Å². The van der Waals surface area contributed by atoms with Gasteiger partial charge in [-0.05, 0) is 46.5 Å². The van der Waals surface area contributed by atoms with Crippen LogP contribution in [0.2, 0.25) is 0 Å². The number of nitrogens with zero attached hydrogens (tertiary/aromatic N) is 1. The Morgan fingerprint density at radius 3 is 2.27 bits per heavy atom. The summed E-state index contributed by atoms with van der Waals surface area (Å²) in [6.07, 6.45) is 3.00. The zero-order valence-electron chi connectivity index (χ0n) is 15.2. The molecule has 0 fully saturated rings. The van der Waals surface area contributed by atoms with Crippen molar-refractivity contribution in [3.8, 4) is 6.07 Å². The van der Waals surface area contributed by atoms with Crippen LogP contribution in [0.5, 0.6) is 0 Å². The van der Waals surface area contributed by atoms with Gasteiger partial charge in [0.05, 0.1) is 11.6 Å². The highest BCUT2D eigenvalue weighted by molar-refractivity contribution is 5.83. The molecule has 0 saturated heterocycles. The van der Waals surface area contributed by atoms with Gasteiger partial charge in [0, 0.05) is 5.92 Å². The number of fused-ring (bicyclic) bond motifs is 1. The van der Waals surface area contributed by atoms with E-state index in [9.17, 15) is 0 Å². The zero-order chi connectivity index (χ0) is 18.4. The van der Waals surface area contributed by atoms with Crippen LogP contribution in [0.25, 0.3) is 10.8 Å². The van der Waals surface area contributed by atoms with Gasteiger partial charge in [0.15, 0.2) is 0 Å². The second-order valence-electron chi connectivity index (χ2n) is 6.84. The van der Waals surface area contributed by atoms with Crippen LogP contribution in [0.4, 0.5) is 4.39 Å². The molecule has 2 unspecified atom stereocenters. The summed E-state index contributed by atoms with van der Waals surface area (Å²) in [7, 11) is 0. The van der Waals surface area contributed by atoms with Crippen LogP contribution in [-0.2, 0) is 0 Å². The van der Waals surface area contributed by atoms with Crippen LogP contribution < -0.4 is 0 Å². The first kappa shape index (κ1) is 18.1. The molecule has 0 saturated carbocycles. The van der Waals surface area contributed by atoms with Crippen LogP contribution in [0.1, 0.15) is 61.4 Å². The second kappa shape index (κ2) is 8.63. The maximum absolute atomic E-state index is 15.6. The van der Waals surface area contributed by atoms with E-state index in [4.69, 9.17) is 5.26 Å². The van der Waals surface area contributed by atoms with Gasteiger partial charge in [0.1, 0.15) is 6.17 Å². The number of hydrogen-bond donors (Lipinski definition) is 0. The Morgan fingerprint density at radius 2 is 1.58 bits per heavy atom. The lowest BCUT2D eigenvalue weighted by atomic mass is 9.85. The third-order valence-corrected chi connectivity index (χ3v) is 5.03. The first-order valence-electron chi connectivity index (χ1n) is 9.35. The predicted octanol–water partition coefficient (Wildman–Crippen LogP) is 7.09. The van der Waals surface area contributed by atoms with Crippen molar-refractivity contribution in [1.29, 1.82) is 5.26 Å². The standard InChI is InChI=1S/C24H24FN/c1-2-3-4-9-23(20-12-10-18(17-26)11-13-20)24(25)22-15-14-19-7-5-6-8-21(19)16-22/h5-8,10-16,23-24H,2-4,9H2,1H3. The minimum Gasteiger partial charge on any atom is -0.242 e. The third kappa shape index (κ3) is 4.11. The zero-order valence-corrected chi connectivity index (χ0v) is 15.2. The summed E-state index contributed by atoms with van der Waals surface area (Å²) in [4.78, 5) is 0. The van der Waals surface area contributed by atoms with Crippen molar-refractivity contribution in [2.75, 3.05) is 0 Å². The molecule has 3 rings (SSSR count). The predicted molar refractivity (Wildman–Crippen MR) is 106 cm³/mol. The normalized spacial score (nSPS) is 13.3. The molecule has 0 bridgehead atoms. The van der Waals surface area contributed by atoms with Gasteiger partial charge in [-0.3, -0.25) is 0 Å². The summed E-state index contributed by atoms with van der Waals surface area (Å²) in [5, 5.41) is 11.2. The summed E-state index contributed by atoms with van der Waals surface area (Å²) in [5.74, 6) is -0.185. The van der Waals surface area contributed by atoms with Gasteiger partial charge >= 0.3 is 0 Å². The highest BCUT2D eigenvalue weighted by atomic mass is 19.1. The van der Waals surface area contributed by atoms with Gasteiger partial charge in [0.2, 0.25) is 0 Å². The van der Waals surface area contributed by atoms with Crippen molar-refractivity contribution in [3.63, 3.8) is 0 Å². The van der Waals surface area contributed by atoms with E-state index in [1.807, 2.05) is 54.6 Å². The Labute approximate surface area is 155 Å². The van der Waals surface area contributed by atoms with E-state index in [1.165, 1.54) is 0 Å². The molecular weight excluding hydrogens is 321 g/mol. The summed E-state index contributed by atoms with van der Waals surface area (Å²) in [5.41, 5.74) is 2.32. The number of benzene rings is 3. The number of rotatable bonds is 7. The fraction of sp³-hybridized carbons (Fsp3) is 0.292. The quantitative estimate of drug-likeness (QED) is 0.419. The van der Waals surface area contributed by atoms with Gasteiger partial charge in [0.25, 0.3) is 0 Å². The summed E-state index contributed by atoms with van der Waals surface area (Å²) >= 11 is 0. The van der Waals surface area contributed by atoms with E-state index >= 15 is 4.39 Å². The minimum atomic E-state index is -1.05. The average molecular weight is 345 g/mol. The summed E-state index contributed by atoms with van der Waals surface area (Å²) in [6, 6.07) is 23.5. The van der Waals surface area contributed by atoms with E-state index in [0.29, 0.717) is 5.56 Å². The van der Waals surface area contributed by atoms with E-state index < -0.39 is 6.17 Å². The van der Waals surface area contributed by atoms with Gasteiger partial charge < -0.3 is 0 Å². The molecule has 2 atom stereocenters. The third-order valence-electron chi connectivity index (χ3n) is 5.03. The second-order valence-corrected chi connectivity index (χ2v) is 6.84. The molecule has 1 nitrogen and oxygen atoms in total. The van der Waals surface area contributed by atoms with Gasteiger partial charge in [-0.25, -0.2) is 4.39 Å². The highest BCUT2D eigenvalue weighted by Gasteiger charge is 2.24. The van der Waals surface area contributed by atoms with E-state index in [-0.39, 0.29) is 5.92 Å².